The van der Waals surface area contributed by atoms with Crippen LogP contribution in [0.1, 0.15) is 36.0 Å². The monoisotopic (exact) mass is 201 g/mol. The summed E-state index contributed by atoms with van der Waals surface area (Å²) in [6.45, 7) is 4.32. The SMILES string of the molecule is Cc1cc(C)cc(C2=CCC(N)CC2)c1. The Hall–Kier alpha value is -1.08. The van der Waals surface area contributed by atoms with Gasteiger partial charge in [-0.3, -0.25) is 0 Å². The molecule has 1 atom stereocenters. The van der Waals surface area contributed by atoms with Crippen molar-refractivity contribution in [2.75, 3.05) is 0 Å². The number of hydrogen-bond acceptors (Lipinski definition) is 1. The second-order valence-electron chi connectivity index (χ2n) is 4.64. The van der Waals surface area contributed by atoms with Crippen molar-refractivity contribution >= 4 is 5.57 Å². The van der Waals surface area contributed by atoms with Crippen LogP contribution in [0.15, 0.2) is 24.3 Å². The summed E-state index contributed by atoms with van der Waals surface area (Å²) < 4.78 is 0. The highest BCUT2D eigenvalue weighted by Gasteiger charge is 2.11. The summed E-state index contributed by atoms with van der Waals surface area (Å²) in [5, 5.41) is 0. The Morgan fingerprint density at radius 2 is 1.80 bits per heavy atom. The molecule has 1 aliphatic carbocycles. The maximum Gasteiger partial charge on any atom is 0.00767 e. The van der Waals surface area contributed by atoms with Crippen molar-refractivity contribution < 1.29 is 0 Å². The fourth-order valence-corrected chi connectivity index (χ4v) is 2.28. The lowest BCUT2D eigenvalue weighted by atomic mass is 9.90. The highest BCUT2D eigenvalue weighted by atomic mass is 14.6. The maximum atomic E-state index is 5.89. The molecule has 0 radical (unpaired) electrons. The Balaban J connectivity index is 2.29. The number of aryl methyl sites for hydroxylation is 2. The van der Waals surface area contributed by atoms with Crippen molar-refractivity contribution in [1.29, 1.82) is 0 Å². The molecule has 0 spiro atoms. The Kier molecular flexibility index (Phi) is 2.92. The molecule has 0 heterocycles. The lowest BCUT2D eigenvalue weighted by molar-refractivity contribution is 0.614. The summed E-state index contributed by atoms with van der Waals surface area (Å²) in [5.41, 5.74) is 11.4. The maximum absolute atomic E-state index is 5.89. The van der Waals surface area contributed by atoms with Crippen LogP contribution in [0.3, 0.4) is 0 Å². The van der Waals surface area contributed by atoms with Gasteiger partial charge >= 0.3 is 0 Å². The second-order valence-corrected chi connectivity index (χ2v) is 4.64. The fourth-order valence-electron chi connectivity index (χ4n) is 2.28. The lowest BCUT2D eigenvalue weighted by Gasteiger charge is -2.19. The quantitative estimate of drug-likeness (QED) is 0.742. The number of allylic oxidation sites excluding steroid dienone is 1. The van der Waals surface area contributed by atoms with Gasteiger partial charge in [0.15, 0.2) is 0 Å². The molecule has 1 heteroatoms. The highest BCUT2D eigenvalue weighted by Crippen LogP contribution is 2.27. The van der Waals surface area contributed by atoms with E-state index in [1.165, 1.54) is 22.3 Å². The summed E-state index contributed by atoms with van der Waals surface area (Å²) in [7, 11) is 0. The van der Waals surface area contributed by atoms with Gasteiger partial charge < -0.3 is 5.73 Å². The van der Waals surface area contributed by atoms with Crippen molar-refractivity contribution in [1.82, 2.24) is 0 Å². The van der Waals surface area contributed by atoms with Gasteiger partial charge in [-0.2, -0.15) is 0 Å². The molecule has 2 N–H and O–H groups in total. The molecule has 1 aliphatic rings. The number of rotatable bonds is 1. The predicted molar refractivity (Wildman–Crippen MR) is 65.7 cm³/mol. The molecule has 80 valence electrons. The standard InChI is InChI=1S/C14H19N/c1-10-7-11(2)9-13(8-10)12-3-5-14(15)6-4-12/h3,7-9,14H,4-6,15H2,1-2H3. The molecule has 1 unspecified atom stereocenters. The Morgan fingerprint density at radius 3 is 2.33 bits per heavy atom. The van der Waals surface area contributed by atoms with Crippen LogP contribution in [0.5, 0.6) is 0 Å². The number of hydrogen-bond donors (Lipinski definition) is 1. The van der Waals surface area contributed by atoms with Crippen LogP contribution in [0, 0.1) is 13.8 Å². The van der Waals surface area contributed by atoms with E-state index in [0.29, 0.717) is 6.04 Å². The fraction of sp³-hybridized carbons (Fsp3) is 0.429. The van der Waals surface area contributed by atoms with Gasteiger partial charge in [-0.15, -0.1) is 0 Å². The van der Waals surface area contributed by atoms with Crippen LogP contribution in [0.4, 0.5) is 0 Å². The van der Waals surface area contributed by atoms with Crippen molar-refractivity contribution in [3.63, 3.8) is 0 Å². The second kappa shape index (κ2) is 4.19. The Labute approximate surface area is 92.0 Å². The molecule has 15 heavy (non-hydrogen) atoms. The Morgan fingerprint density at radius 1 is 1.13 bits per heavy atom. The van der Waals surface area contributed by atoms with Gasteiger partial charge in [0.1, 0.15) is 0 Å². The van der Waals surface area contributed by atoms with Crippen LogP contribution in [-0.4, -0.2) is 6.04 Å². The molecular weight excluding hydrogens is 182 g/mol. The van der Waals surface area contributed by atoms with E-state index in [4.69, 9.17) is 5.73 Å². The van der Waals surface area contributed by atoms with Crippen LogP contribution in [-0.2, 0) is 0 Å². The van der Waals surface area contributed by atoms with Gasteiger partial charge in [0.2, 0.25) is 0 Å². The highest BCUT2D eigenvalue weighted by molar-refractivity contribution is 5.67. The zero-order valence-electron chi connectivity index (χ0n) is 9.59. The first-order valence-corrected chi connectivity index (χ1v) is 5.68. The Bertz CT molecular complexity index is 370. The van der Waals surface area contributed by atoms with E-state index < -0.39 is 0 Å². The first-order chi connectivity index (χ1) is 7.15. The zero-order chi connectivity index (χ0) is 10.8. The average Bonchev–Trinajstić information content (AvgIpc) is 2.17. The molecule has 0 aliphatic heterocycles. The lowest BCUT2D eigenvalue weighted by Crippen LogP contribution is -2.21. The van der Waals surface area contributed by atoms with E-state index >= 15 is 0 Å². The van der Waals surface area contributed by atoms with Gasteiger partial charge in [-0.05, 0) is 44.2 Å². The van der Waals surface area contributed by atoms with Crippen molar-refractivity contribution in [3.05, 3.63) is 41.0 Å². The van der Waals surface area contributed by atoms with Crippen molar-refractivity contribution in [2.45, 2.75) is 39.2 Å². The number of nitrogens with two attached hydrogens (primary N) is 1. The molecule has 0 bridgehead atoms. The van der Waals surface area contributed by atoms with E-state index in [1.807, 2.05) is 0 Å². The third kappa shape index (κ3) is 2.48. The van der Waals surface area contributed by atoms with E-state index in [0.717, 1.165) is 19.3 Å². The van der Waals surface area contributed by atoms with E-state index in [9.17, 15) is 0 Å². The molecule has 0 saturated heterocycles. The molecule has 1 nitrogen and oxygen atoms in total. The van der Waals surface area contributed by atoms with Gasteiger partial charge in [-0.25, -0.2) is 0 Å². The van der Waals surface area contributed by atoms with Crippen LogP contribution in [0.25, 0.3) is 5.57 Å². The van der Waals surface area contributed by atoms with Crippen LogP contribution < -0.4 is 5.73 Å². The number of benzene rings is 1. The average molecular weight is 201 g/mol. The van der Waals surface area contributed by atoms with Gasteiger partial charge in [0, 0.05) is 6.04 Å². The molecule has 0 saturated carbocycles. The molecule has 0 aromatic heterocycles. The van der Waals surface area contributed by atoms with Gasteiger partial charge in [0.25, 0.3) is 0 Å². The minimum Gasteiger partial charge on any atom is -0.327 e. The minimum absolute atomic E-state index is 0.375. The predicted octanol–water partition coefficient (Wildman–Crippen LogP) is 3.20. The molecule has 0 amide bonds. The van der Waals surface area contributed by atoms with E-state index in [-0.39, 0.29) is 0 Å². The van der Waals surface area contributed by atoms with Gasteiger partial charge in [-0.1, -0.05) is 35.4 Å². The molecule has 0 fully saturated rings. The molecule has 2 rings (SSSR count). The summed E-state index contributed by atoms with van der Waals surface area (Å²) in [6, 6.07) is 7.14. The van der Waals surface area contributed by atoms with Crippen LogP contribution >= 0.6 is 0 Å². The summed E-state index contributed by atoms with van der Waals surface area (Å²) in [6.07, 6.45) is 5.59. The van der Waals surface area contributed by atoms with Gasteiger partial charge in [0.05, 0.1) is 0 Å². The molecular formula is C14H19N. The normalized spacial score (nSPS) is 21.3. The smallest absolute Gasteiger partial charge is 0.00767 e. The first kappa shape index (κ1) is 10.4. The topological polar surface area (TPSA) is 26.0 Å². The third-order valence-electron chi connectivity index (χ3n) is 3.04. The van der Waals surface area contributed by atoms with Crippen molar-refractivity contribution in [2.24, 2.45) is 5.73 Å². The van der Waals surface area contributed by atoms with E-state index in [1.54, 1.807) is 0 Å². The van der Waals surface area contributed by atoms with E-state index in [2.05, 4.69) is 38.1 Å². The first-order valence-electron chi connectivity index (χ1n) is 5.68. The largest absolute Gasteiger partial charge is 0.327 e. The zero-order valence-corrected chi connectivity index (χ0v) is 9.59. The molecule has 1 aromatic carbocycles. The summed E-state index contributed by atoms with van der Waals surface area (Å²) in [5.74, 6) is 0. The minimum atomic E-state index is 0.375. The van der Waals surface area contributed by atoms with Crippen LogP contribution in [0.2, 0.25) is 0 Å². The summed E-state index contributed by atoms with van der Waals surface area (Å²) in [4.78, 5) is 0. The summed E-state index contributed by atoms with van der Waals surface area (Å²) >= 11 is 0. The third-order valence-corrected chi connectivity index (χ3v) is 3.04. The van der Waals surface area contributed by atoms with Crippen molar-refractivity contribution in [3.8, 4) is 0 Å². The molecule has 1 aromatic rings.